The Labute approximate surface area is 286 Å². The molecule has 5 heteroatoms. The van der Waals surface area contributed by atoms with E-state index in [9.17, 15) is 0 Å². The lowest BCUT2D eigenvalue weighted by Crippen LogP contribution is -1.97. The van der Waals surface area contributed by atoms with Crippen LogP contribution < -0.4 is 0 Å². The summed E-state index contributed by atoms with van der Waals surface area (Å²) in [6, 6.07) is 50.0. The molecule has 0 aliphatic rings. The van der Waals surface area contributed by atoms with Gasteiger partial charge in [0.25, 0.3) is 0 Å². The molecule has 0 fully saturated rings. The van der Waals surface area contributed by atoms with E-state index in [0.29, 0.717) is 11.7 Å². The van der Waals surface area contributed by atoms with Crippen molar-refractivity contribution in [3.05, 3.63) is 176 Å². The Balaban J connectivity index is 1.38. The van der Waals surface area contributed by atoms with Crippen molar-refractivity contribution in [1.82, 2.24) is 15.0 Å². The minimum absolute atomic E-state index is 0.576. The molecule has 5 nitrogen and oxygen atoms in total. The first-order valence-corrected chi connectivity index (χ1v) is 16.1. The Bertz CT molecular complexity index is 2200. The van der Waals surface area contributed by atoms with Gasteiger partial charge in [-0.3, -0.25) is 4.98 Å². The number of hydrogen-bond donors (Lipinski definition) is 0. The zero-order valence-corrected chi connectivity index (χ0v) is 27.1. The third-order valence-corrected chi connectivity index (χ3v) is 8.24. The molecule has 0 N–H and O–H groups in total. The topological polar surface area (TPSA) is 63.4 Å². The molecule has 0 bridgehead atoms. The summed E-state index contributed by atoms with van der Waals surface area (Å²) in [6.07, 6.45) is 7.27. The van der Waals surface area contributed by atoms with Gasteiger partial charge in [0.15, 0.2) is 11.7 Å². The maximum atomic E-state index is 5.14. The second kappa shape index (κ2) is 14.4. The lowest BCUT2D eigenvalue weighted by molar-refractivity contribution is 1.18. The van der Waals surface area contributed by atoms with Crippen molar-refractivity contribution in [2.24, 2.45) is 9.98 Å². The minimum Gasteiger partial charge on any atom is -0.264 e. The molecule has 0 radical (unpaired) electrons. The van der Waals surface area contributed by atoms with E-state index < -0.39 is 0 Å². The third kappa shape index (κ3) is 7.07. The lowest BCUT2D eigenvalue weighted by atomic mass is 9.94. The summed E-state index contributed by atoms with van der Waals surface area (Å²) in [5.41, 5.74) is 12.1. The fourth-order valence-electron chi connectivity index (χ4n) is 5.73. The molecule has 7 aromatic rings. The maximum absolute atomic E-state index is 5.14. The molecule has 0 unspecified atom stereocenters. The van der Waals surface area contributed by atoms with Crippen molar-refractivity contribution in [3.63, 3.8) is 0 Å². The van der Waals surface area contributed by atoms with Crippen LogP contribution in [0.2, 0.25) is 0 Å². The molecule has 0 saturated carbocycles. The Hall–Kier alpha value is -6.59. The molecular formula is C44H33N5. The zero-order valence-electron chi connectivity index (χ0n) is 27.1. The average molecular weight is 632 g/mol. The zero-order chi connectivity index (χ0) is 33.4. The van der Waals surface area contributed by atoms with Gasteiger partial charge < -0.3 is 0 Å². The van der Waals surface area contributed by atoms with Crippen LogP contribution >= 0.6 is 0 Å². The van der Waals surface area contributed by atoms with Crippen LogP contribution in [-0.2, 0) is 0 Å². The van der Waals surface area contributed by atoms with Gasteiger partial charge in [-0.1, -0.05) is 121 Å². The number of aliphatic imine (C=N–C) groups is 2. The van der Waals surface area contributed by atoms with Crippen LogP contribution in [0.3, 0.4) is 0 Å². The Morgan fingerprint density at radius 3 is 1.55 bits per heavy atom. The summed E-state index contributed by atoms with van der Waals surface area (Å²) in [5, 5.41) is 0. The molecule has 0 aliphatic heterocycles. The number of rotatable bonds is 8. The molecule has 2 heterocycles. The number of benzene rings is 5. The summed E-state index contributed by atoms with van der Waals surface area (Å²) in [5.74, 6) is 1.23. The number of amidine groups is 1. The second-order valence-electron chi connectivity index (χ2n) is 11.5. The predicted octanol–water partition coefficient (Wildman–Crippen LogP) is 10.9. The first kappa shape index (κ1) is 31.0. The third-order valence-electron chi connectivity index (χ3n) is 8.24. The molecule has 49 heavy (non-hydrogen) atoms. The number of pyridine rings is 1. The van der Waals surface area contributed by atoms with Crippen LogP contribution in [0.25, 0.3) is 67.3 Å². The van der Waals surface area contributed by atoms with E-state index in [2.05, 4.69) is 113 Å². The molecule has 0 aliphatic carbocycles. The van der Waals surface area contributed by atoms with Crippen LogP contribution in [0.1, 0.15) is 12.5 Å². The van der Waals surface area contributed by atoms with E-state index in [1.165, 1.54) is 0 Å². The van der Waals surface area contributed by atoms with E-state index in [1.54, 1.807) is 12.4 Å². The fraction of sp³-hybridized carbons (Fsp3) is 0.0227. The van der Waals surface area contributed by atoms with Crippen LogP contribution in [0, 0.1) is 0 Å². The number of aromatic nitrogens is 3. The summed E-state index contributed by atoms with van der Waals surface area (Å²) < 4.78 is 0. The Kier molecular flexibility index (Phi) is 9.15. The summed E-state index contributed by atoms with van der Waals surface area (Å²) in [7, 11) is 0. The van der Waals surface area contributed by atoms with E-state index in [1.807, 2.05) is 73.8 Å². The number of nitrogens with zero attached hydrogens (tertiary/aromatic N) is 5. The van der Waals surface area contributed by atoms with Crippen LogP contribution in [0.4, 0.5) is 0 Å². The summed E-state index contributed by atoms with van der Waals surface area (Å²) in [6.45, 7) is 5.64. The monoisotopic (exact) mass is 631 g/mol. The quantitative estimate of drug-likeness (QED) is 0.124. The summed E-state index contributed by atoms with van der Waals surface area (Å²) >= 11 is 0. The van der Waals surface area contributed by atoms with Crippen LogP contribution in [-0.4, -0.2) is 27.5 Å². The first-order valence-electron chi connectivity index (χ1n) is 16.1. The van der Waals surface area contributed by atoms with Crippen molar-refractivity contribution in [2.75, 3.05) is 0 Å². The van der Waals surface area contributed by atoms with Crippen molar-refractivity contribution in [2.45, 2.75) is 6.92 Å². The highest BCUT2D eigenvalue weighted by Gasteiger charge is 2.14. The smallest absolute Gasteiger partial charge is 0.160 e. The number of allylic oxidation sites excluding steroid dienone is 1. The molecule has 0 amide bonds. The molecule has 234 valence electrons. The van der Waals surface area contributed by atoms with Gasteiger partial charge in [-0.15, -0.1) is 0 Å². The number of hydrogen-bond acceptors (Lipinski definition) is 4. The van der Waals surface area contributed by atoms with Gasteiger partial charge in [0.2, 0.25) is 0 Å². The highest BCUT2D eigenvalue weighted by molar-refractivity contribution is 6.02. The Morgan fingerprint density at radius 2 is 1.04 bits per heavy atom. The largest absolute Gasteiger partial charge is 0.264 e. The minimum atomic E-state index is 0.576. The molecule has 0 saturated heterocycles. The highest BCUT2D eigenvalue weighted by Crippen LogP contribution is 2.35. The van der Waals surface area contributed by atoms with Gasteiger partial charge in [-0.2, -0.15) is 0 Å². The van der Waals surface area contributed by atoms with Crippen molar-refractivity contribution in [1.29, 1.82) is 0 Å². The second-order valence-corrected chi connectivity index (χ2v) is 11.5. The molecule has 0 spiro atoms. The van der Waals surface area contributed by atoms with Crippen molar-refractivity contribution in [3.8, 4) is 67.3 Å². The molecule has 2 aromatic heterocycles. The molecule has 7 rings (SSSR count). The summed E-state index contributed by atoms with van der Waals surface area (Å²) in [4.78, 5) is 23.1. The van der Waals surface area contributed by atoms with Crippen molar-refractivity contribution >= 4 is 12.6 Å². The van der Waals surface area contributed by atoms with Crippen LogP contribution in [0.15, 0.2) is 180 Å². The molecule has 5 aromatic carbocycles. The van der Waals surface area contributed by atoms with Gasteiger partial charge in [0.1, 0.15) is 0 Å². The van der Waals surface area contributed by atoms with E-state index >= 15 is 0 Å². The van der Waals surface area contributed by atoms with Gasteiger partial charge in [-0.05, 0) is 77.4 Å². The van der Waals surface area contributed by atoms with E-state index in [-0.39, 0.29) is 0 Å². The average Bonchev–Trinajstić information content (AvgIpc) is 3.19. The lowest BCUT2D eigenvalue weighted by Gasteiger charge is -2.13. The van der Waals surface area contributed by atoms with E-state index in [0.717, 1.165) is 67.0 Å². The first-order chi connectivity index (χ1) is 24.2. The molecule has 0 atom stereocenters. The Morgan fingerprint density at radius 1 is 0.531 bits per heavy atom. The van der Waals surface area contributed by atoms with Gasteiger partial charge >= 0.3 is 0 Å². The van der Waals surface area contributed by atoms with E-state index in [4.69, 9.17) is 9.97 Å². The van der Waals surface area contributed by atoms with Crippen LogP contribution in [0.5, 0.6) is 0 Å². The fourth-order valence-corrected chi connectivity index (χ4v) is 5.73. The van der Waals surface area contributed by atoms with Gasteiger partial charge in [0.05, 0.1) is 11.4 Å². The van der Waals surface area contributed by atoms with Gasteiger partial charge in [-0.25, -0.2) is 20.0 Å². The highest BCUT2D eigenvalue weighted by atomic mass is 14.9. The maximum Gasteiger partial charge on any atom is 0.160 e. The standard InChI is InChI=1S/C44H33N5/c1-3-24-47-43(45-2)36-22-20-33(21-23-36)39-26-38(32-18-16-31(17-19-32)37-15-10-25-46-30-37)27-40(28-39)44-48-41(34-11-6-4-7-12-34)29-42(49-44)35-13-8-5-9-14-35/h3-30H,2H2,1H3/b24-3-,47-43?. The SMILES string of the molecule is C=NC(=N/C=C\C)c1ccc(-c2cc(-c3ccc(-c4cccnc4)cc3)cc(-c3nc(-c4ccccc4)cc(-c4ccccc4)n3)c2)cc1. The predicted molar refractivity (Wildman–Crippen MR) is 203 cm³/mol. The van der Waals surface area contributed by atoms with Crippen molar-refractivity contribution < 1.29 is 0 Å². The normalized spacial score (nSPS) is 11.5. The van der Waals surface area contributed by atoms with Gasteiger partial charge in [0, 0.05) is 40.8 Å². The molecular weight excluding hydrogens is 599 g/mol.